The Morgan fingerprint density at radius 1 is 0.727 bits per heavy atom. The van der Waals surface area contributed by atoms with Crippen molar-refractivity contribution in [2.24, 2.45) is 0 Å². The quantitative estimate of drug-likeness (QED) is 0.206. The Bertz CT molecular complexity index is 1340. The number of hydrogen-bond donors (Lipinski definition) is 0. The molecular formula is C33H35NO10. The molecule has 2 saturated heterocycles. The molecule has 3 aromatic rings. The molecule has 2 amide bonds. The van der Waals surface area contributed by atoms with E-state index in [9.17, 15) is 14.4 Å². The van der Waals surface area contributed by atoms with Crippen LogP contribution in [0, 0.1) is 0 Å². The molecule has 0 aliphatic carbocycles. The maximum atomic E-state index is 13.0. The van der Waals surface area contributed by atoms with Gasteiger partial charge in [-0.05, 0) is 16.7 Å². The van der Waals surface area contributed by atoms with Gasteiger partial charge in [-0.15, -0.1) is 0 Å². The molecule has 3 aromatic carbocycles. The number of ether oxygens (including phenoxy) is 6. The molecular weight excluding hydrogens is 570 g/mol. The van der Waals surface area contributed by atoms with Crippen molar-refractivity contribution in [1.82, 2.24) is 5.06 Å². The molecule has 0 bridgehead atoms. The Balaban J connectivity index is 1.40. The van der Waals surface area contributed by atoms with Gasteiger partial charge < -0.3 is 28.4 Å². The third kappa shape index (κ3) is 8.28. The van der Waals surface area contributed by atoms with Crippen molar-refractivity contribution in [2.75, 3.05) is 13.7 Å². The molecule has 0 spiro atoms. The smallest absolute Gasteiger partial charge is 0.424 e. The number of hydroxylamine groups is 2. The number of rotatable bonds is 13. The lowest BCUT2D eigenvalue weighted by molar-refractivity contribution is -0.317. The maximum Gasteiger partial charge on any atom is 0.534 e. The number of carbonyl (C=O) groups excluding carboxylic acids is 3. The molecule has 2 aliphatic heterocycles. The zero-order valence-electron chi connectivity index (χ0n) is 24.3. The minimum absolute atomic E-state index is 0.00905. The Hall–Kier alpha value is -4.13. The van der Waals surface area contributed by atoms with E-state index in [1.165, 1.54) is 7.11 Å². The van der Waals surface area contributed by atoms with Gasteiger partial charge in [-0.3, -0.25) is 14.4 Å². The first-order valence-corrected chi connectivity index (χ1v) is 14.4. The van der Waals surface area contributed by atoms with E-state index >= 15 is 0 Å². The van der Waals surface area contributed by atoms with Crippen molar-refractivity contribution in [1.29, 1.82) is 0 Å². The monoisotopic (exact) mass is 605 g/mol. The predicted octanol–water partition coefficient (Wildman–Crippen LogP) is 4.33. The van der Waals surface area contributed by atoms with Gasteiger partial charge in [0, 0.05) is 20.0 Å². The summed E-state index contributed by atoms with van der Waals surface area (Å²) in [5, 5.41) is 0.425. The van der Waals surface area contributed by atoms with E-state index in [4.69, 9.17) is 33.3 Å². The molecule has 11 nitrogen and oxygen atoms in total. The largest absolute Gasteiger partial charge is 0.534 e. The van der Waals surface area contributed by atoms with Crippen molar-refractivity contribution < 1.29 is 47.6 Å². The normalized spacial score (nSPS) is 23.5. The Morgan fingerprint density at radius 3 is 1.75 bits per heavy atom. The summed E-state index contributed by atoms with van der Waals surface area (Å²) in [6.07, 6.45) is -6.10. The number of amides is 2. The molecule has 5 atom stereocenters. The minimum atomic E-state index is -1.26. The van der Waals surface area contributed by atoms with E-state index in [0.717, 1.165) is 16.7 Å². The summed E-state index contributed by atoms with van der Waals surface area (Å²) < 4.78 is 36.4. The van der Waals surface area contributed by atoms with Crippen LogP contribution in [0.2, 0.25) is 0 Å². The molecule has 0 saturated carbocycles. The van der Waals surface area contributed by atoms with E-state index in [1.54, 1.807) is 0 Å². The highest BCUT2D eigenvalue weighted by molar-refractivity contribution is 6.01. The molecule has 0 unspecified atom stereocenters. The van der Waals surface area contributed by atoms with Gasteiger partial charge >= 0.3 is 6.16 Å². The van der Waals surface area contributed by atoms with Crippen molar-refractivity contribution in [3.63, 3.8) is 0 Å². The second kappa shape index (κ2) is 15.6. The molecule has 2 fully saturated rings. The lowest BCUT2D eigenvalue weighted by Crippen LogP contribution is -2.62. The second-order valence-electron chi connectivity index (χ2n) is 10.3. The predicted molar refractivity (Wildman–Crippen MR) is 154 cm³/mol. The fraction of sp³-hybridized carbons (Fsp3) is 0.364. The zero-order valence-corrected chi connectivity index (χ0v) is 24.3. The van der Waals surface area contributed by atoms with Crippen molar-refractivity contribution >= 4 is 18.0 Å². The number of hydrogen-bond acceptors (Lipinski definition) is 10. The standard InChI is InChI=1S/C33H35NO10/c1-38-32-31(41-21-25-15-9-4-10-16-25)30(40-20-24-13-7-3-8-14-24)29(43-33(37)44-34-27(35)17-18-28(34)36)26(42-32)22-39-19-23-11-5-2-6-12-23/h2-16,26,29-32H,17-22H2,1H3/t26-,29-,30+,31-,32+/m1/s1. The van der Waals surface area contributed by atoms with Gasteiger partial charge in [-0.1, -0.05) is 96.1 Å². The molecule has 0 aromatic heterocycles. The van der Waals surface area contributed by atoms with Gasteiger partial charge in [-0.25, -0.2) is 4.79 Å². The summed E-state index contributed by atoms with van der Waals surface area (Å²) in [5.74, 6) is -1.26. The number of nitrogens with zero attached hydrogens (tertiary/aromatic N) is 1. The van der Waals surface area contributed by atoms with Crippen LogP contribution in [-0.2, 0) is 62.7 Å². The summed E-state index contributed by atoms with van der Waals surface area (Å²) in [5.41, 5.74) is 2.72. The Morgan fingerprint density at radius 2 is 1.23 bits per heavy atom. The van der Waals surface area contributed by atoms with E-state index < -0.39 is 48.7 Å². The van der Waals surface area contributed by atoms with Gasteiger partial charge in [0.1, 0.15) is 18.3 Å². The summed E-state index contributed by atoms with van der Waals surface area (Å²) in [4.78, 5) is 42.3. The summed E-state index contributed by atoms with van der Waals surface area (Å²) in [6, 6.07) is 28.6. The van der Waals surface area contributed by atoms with E-state index in [0.29, 0.717) is 5.06 Å². The van der Waals surface area contributed by atoms with Crippen LogP contribution in [0.4, 0.5) is 4.79 Å². The lowest BCUT2D eigenvalue weighted by Gasteiger charge is -2.44. The van der Waals surface area contributed by atoms with Crippen molar-refractivity contribution in [3.05, 3.63) is 108 Å². The van der Waals surface area contributed by atoms with E-state index in [1.807, 2.05) is 91.0 Å². The molecule has 44 heavy (non-hydrogen) atoms. The third-order valence-electron chi connectivity index (χ3n) is 7.19. The Kier molecular flexibility index (Phi) is 11.1. The van der Waals surface area contributed by atoms with Gasteiger partial charge in [0.2, 0.25) is 0 Å². The third-order valence-corrected chi connectivity index (χ3v) is 7.19. The fourth-order valence-corrected chi connectivity index (χ4v) is 4.98. The van der Waals surface area contributed by atoms with Crippen molar-refractivity contribution in [2.45, 2.75) is 63.4 Å². The number of carbonyl (C=O) groups is 3. The lowest BCUT2D eigenvalue weighted by atomic mass is 9.98. The van der Waals surface area contributed by atoms with Crippen LogP contribution in [0.5, 0.6) is 0 Å². The Labute approximate surface area is 255 Å². The number of imide groups is 1. The van der Waals surface area contributed by atoms with Gasteiger partial charge in [0.15, 0.2) is 12.4 Å². The highest BCUT2D eigenvalue weighted by atomic mass is 16.8. The van der Waals surface area contributed by atoms with Gasteiger partial charge in [-0.2, -0.15) is 0 Å². The average molecular weight is 606 g/mol. The average Bonchev–Trinajstić information content (AvgIpc) is 3.37. The first-order valence-electron chi connectivity index (χ1n) is 14.4. The molecule has 11 heteroatoms. The van der Waals surface area contributed by atoms with Crippen LogP contribution in [0.25, 0.3) is 0 Å². The topological polar surface area (TPSA) is 119 Å². The van der Waals surface area contributed by atoms with Crippen LogP contribution >= 0.6 is 0 Å². The highest BCUT2D eigenvalue weighted by Crippen LogP contribution is 2.31. The van der Waals surface area contributed by atoms with Gasteiger partial charge in [0.25, 0.3) is 11.8 Å². The molecule has 0 radical (unpaired) electrons. The molecule has 0 N–H and O–H groups in total. The number of methoxy groups -OCH3 is 1. The zero-order chi connectivity index (χ0) is 30.7. The number of benzene rings is 3. The molecule has 2 aliphatic rings. The van der Waals surface area contributed by atoms with Crippen LogP contribution in [-0.4, -0.2) is 67.5 Å². The van der Waals surface area contributed by atoms with E-state index in [2.05, 4.69) is 0 Å². The molecule has 5 rings (SSSR count). The first kappa shape index (κ1) is 31.3. The van der Waals surface area contributed by atoms with Crippen LogP contribution in [0.15, 0.2) is 91.0 Å². The van der Waals surface area contributed by atoms with Crippen molar-refractivity contribution in [3.8, 4) is 0 Å². The van der Waals surface area contributed by atoms with Crippen LogP contribution in [0.3, 0.4) is 0 Å². The SMILES string of the molecule is CO[C@H]1O[C@H](COCc2ccccc2)[C@@H](OC(=O)ON2C(=O)CCC2=O)[C@H](OCc2ccccc2)[C@H]1OCc1ccccc1. The fourth-order valence-electron chi connectivity index (χ4n) is 4.98. The van der Waals surface area contributed by atoms with Crippen LogP contribution in [0.1, 0.15) is 29.5 Å². The highest BCUT2D eigenvalue weighted by Gasteiger charge is 2.51. The van der Waals surface area contributed by atoms with E-state index in [-0.39, 0.29) is 39.3 Å². The summed E-state index contributed by atoms with van der Waals surface area (Å²) in [7, 11) is 1.49. The maximum absolute atomic E-state index is 13.0. The van der Waals surface area contributed by atoms with Gasteiger partial charge in [0.05, 0.1) is 26.4 Å². The molecule has 232 valence electrons. The summed E-state index contributed by atoms with van der Waals surface area (Å²) >= 11 is 0. The van der Waals surface area contributed by atoms with Crippen LogP contribution < -0.4 is 0 Å². The summed E-state index contributed by atoms with van der Waals surface area (Å²) in [6.45, 7) is 0.617. The second-order valence-corrected chi connectivity index (χ2v) is 10.3. The first-order chi connectivity index (χ1) is 21.5. The molecule has 2 heterocycles. The minimum Gasteiger partial charge on any atom is -0.424 e.